The van der Waals surface area contributed by atoms with Crippen molar-refractivity contribution >= 4 is 5.97 Å². The fraction of sp³-hybridized carbons (Fsp3) is 0.500. The van der Waals surface area contributed by atoms with E-state index >= 15 is 0 Å². The van der Waals surface area contributed by atoms with Crippen LogP contribution < -0.4 is 4.74 Å². The summed E-state index contributed by atoms with van der Waals surface area (Å²) in [7, 11) is 0. The van der Waals surface area contributed by atoms with Crippen LogP contribution in [0.2, 0.25) is 0 Å². The quantitative estimate of drug-likeness (QED) is 0.558. The Bertz CT molecular complexity index is 482. The van der Waals surface area contributed by atoms with E-state index in [2.05, 4.69) is 6.58 Å². The first-order valence-corrected chi connectivity index (χ1v) is 7.71. The Hall–Kier alpha value is -1.85. The van der Waals surface area contributed by atoms with Crippen LogP contribution in [0.15, 0.2) is 43.0 Å². The molecule has 23 heavy (non-hydrogen) atoms. The average Bonchev–Trinajstić information content (AvgIpc) is 2.44. The van der Waals surface area contributed by atoms with Gasteiger partial charge in [0.2, 0.25) is 0 Å². The van der Waals surface area contributed by atoms with E-state index in [1.165, 1.54) is 0 Å². The molecule has 1 aromatic carbocycles. The number of aliphatic hydroxyl groups is 1. The topological polar surface area (TPSA) is 59.0 Å². The summed E-state index contributed by atoms with van der Waals surface area (Å²) < 4.78 is 10.8. The molecule has 0 amide bonds. The summed E-state index contributed by atoms with van der Waals surface area (Å²) in [5.41, 5.74) is -0.522. The van der Waals surface area contributed by atoms with E-state index in [1.54, 1.807) is 11.0 Å². The number of hydrogen-bond acceptors (Lipinski definition) is 5. The Morgan fingerprint density at radius 1 is 1.35 bits per heavy atom. The third-order valence-electron chi connectivity index (χ3n) is 2.81. The normalized spacial score (nSPS) is 12.7. The van der Waals surface area contributed by atoms with Gasteiger partial charge in [-0.3, -0.25) is 9.69 Å². The Balaban J connectivity index is 2.44. The van der Waals surface area contributed by atoms with Crippen LogP contribution in [0.1, 0.15) is 20.8 Å². The van der Waals surface area contributed by atoms with Crippen LogP contribution in [0, 0.1) is 0 Å². The number of carbonyl (C=O) groups is 1. The molecule has 0 aliphatic heterocycles. The Morgan fingerprint density at radius 2 is 2.00 bits per heavy atom. The van der Waals surface area contributed by atoms with Gasteiger partial charge in [0.25, 0.3) is 0 Å². The highest BCUT2D eigenvalue weighted by atomic mass is 16.6. The van der Waals surface area contributed by atoms with E-state index in [4.69, 9.17) is 9.47 Å². The minimum absolute atomic E-state index is 0.103. The van der Waals surface area contributed by atoms with Crippen molar-refractivity contribution in [2.75, 3.05) is 26.2 Å². The minimum atomic E-state index is -0.711. The van der Waals surface area contributed by atoms with Crippen LogP contribution in [-0.4, -0.2) is 53.9 Å². The number of ether oxygens (including phenoxy) is 2. The van der Waals surface area contributed by atoms with Gasteiger partial charge in [-0.25, -0.2) is 0 Å². The maximum absolute atomic E-state index is 11.9. The third kappa shape index (κ3) is 9.01. The fourth-order valence-corrected chi connectivity index (χ4v) is 2.00. The van der Waals surface area contributed by atoms with Gasteiger partial charge >= 0.3 is 5.97 Å². The van der Waals surface area contributed by atoms with Crippen LogP contribution >= 0.6 is 0 Å². The SMILES string of the molecule is C=CCN(CC(=O)OC(C)(C)C)C[C@@H](O)COc1ccccc1. The molecule has 0 aliphatic carbocycles. The van der Waals surface area contributed by atoms with Gasteiger partial charge in [0.15, 0.2) is 0 Å². The molecule has 0 radical (unpaired) electrons. The number of rotatable bonds is 9. The van der Waals surface area contributed by atoms with Gasteiger partial charge in [-0.2, -0.15) is 0 Å². The van der Waals surface area contributed by atoms with Crippen LogP contribution in [0.25, 0.3) is 0 Å². The molecule has 5 heteroatoms. The molecule has 1 atom stereocenters. The van der Waals surface area contributed by atoms with Gasteiger partial charge < -0.3 is 14.6 Å². The van der Waals surface area contributed by atoms with Gasteiger partial charge in [0.05, 0.1) is 6.54 Å². The zero-order chi connectivity index (χ0) is 17.3. The van der Waals surface area contributed by atoms with Crippen molar-refractivity contribution in [2.45, 2.75) is 32.5 Å². The zero-order valence-electron chi connectivity index (χ0n) is 14.2. The monoisotopic (exact) mass is 321 g/mol. The van der Waals surface area contributed by atoms with Gasteiger partial charge in [-0.05, 0) is 32.9 Å². The van der Waals surface area contributed by atoms with E-state index in [9.17, 15) is 9.90 Å². The molecule has 1 rings (SSSR count). The van der Waals surface area contributed by atoms with Gasteiger partial charge in [-0.1, -0.05) is 24.3 Å². The second-order valence-corrected chi connectivity index (χ2v) is 6.35. The number of carbonyl (C=O) groups excluding carboxylic acids is 1. The van der Waals surface area contributed by atoms with Gasteiger partial charge in [-0.15, -0.1) is 6.58 Å². The van der Waals surface area contributed by atoms with Crippen molar-refractivity contribution < 1.29 is 19.4 Å². The standard InChI is InChI=1S/C18H27NO4/c1-5-11-19(13-17(21)23-18(2,3)4)12-15(20)14-22-16-9-7-6-8-10-16/h5-10,15,20H,1,11-14H2,2-4H3/t15-/m1/s1. The van der Waals surface area contributed by atoms with Crippen molar-refractivity contribution in [3.63, 3.8) is 0 Å². The molecule has 0 saturated heterocycles. The smallest absolute Gasteiger partial charge is 0.320 e. The summed E-state index contributed by atoms with van der Waals surface area (Å²) in [6.07, 6.45) is 0.979. The molecule has 0 aliphatic rings. The molecule has 1 aromatic rings. The van der Waals surface area contributed by atoms with Crippen LogP contribution in [0.5, 0.6) is 5.75 Å². The molecule has 0 heterocycles. The van der Waals surface area contributed by atoms with E-state index in [0.29, 0.717) is 18.8 Å². The summed E-state index contributed by atoms with van der Waals surface area (Å²) in [4.78, 5) is 13.7. The Morgan fingerprint density at radius 3 is 2.57 bits per heavy atom. The fourth-order valence-electron chi connectivity index (χ4n) is 2.00. The first kappa shape index (κ1) is 19.2. The van der Waals surface area contributed by atoms with Crippen molar-refractivity contribution in [1.82, 2.24) is 4.90 Å². The van der Waals surface area contributed by atoms with E-state index in [-0.39, 0.29) is 19.1 Å². The first-order valence-electron chi connectivity index (χ1n) is 7.71. The van der Waals surface area contributed by atoms with E-state index in [1.807, 2.05) is 51.1 Å². The van der Waals surface area contributed by atoms with E-state index < -0.39 is 11.7 Å². The van der Waals surface area contributed by atoms with Crippen LogP contribution in [-0.2, 0) is 9.53 Å². The largest absolute Gasteiger partial charge is 0.491 e. The number of nitrogens with zero attached hydrogens (tertiary/aromatic N) is 1. The van der Waals surface area contributed by atoms with Gasteiger partial charge in [0, 0.05) is 13.1 Å². The summed E-state index contributed by atoms with van der Waals surface area (Å²) >= 11 is 0. The second-order valence-electron chi connectivity index (χ2n) is 6.35. The second kappa shape index (κ2) is 9.33. The third-order valence-corrected chi connectivity index (χ3v) is 2.81. The highest BCUT2D eigenvalue weighted by Gasteiger charge is 2.20. The number of para-hydroxylation sites is 1. The van der Waals surface area contributed by atoms with Crippen molar-refractivity contribution in [3.05, 3.63) is 43.0 Å². The Labute approximate surface area is 138 Å². The molecule has 5 nitrogen and oxygen atoms in total. The average molecular weight is 321 g/mol. The van der Waals surface area contributed by atoms with Crippen molar-refractivity contribution in [1.29, 1.82) is 0 Å². The Kier molecular flexibility index (Phi) is 7.78. The lowest BCUT2D eigenvalue weighted by Gasteiger charge is -2.25. The summed E-state index contributed by atoms with van der Waals surface area (Å²) in [6.45, 7) is 10.2. The molecule has 0 spiro atoms. The predicted octanol–water partition coefficient (Wildman–Crippen LogP) is 2.26. The highest BCUT2D eigenvalue weighted by Crippen LogP contribution is 2.10. The lowest BCUT2D eigenvalue weighted by atomic mass is 10.2. The maximum Gasteiger partial charge on any atom is 0.320 e. The maximum atomic E-state index is 11.9. The van der Waals surface area contributed by atoms with E-state index in [0.717, 1.165) is 0 Å². The molecule has 0 bridgehead atoms. The lowest BCUT2D eigenvalue weighted by Crippen LogP contribution is -2.40. The number of benzene rings is 1. The highest BCUT2D eigenvalue weighted by molar-refractivity contribution is 5.72. The summed E-state index contributed by atoms with van der Waals surface area (Å²) in [5, 5.41) is 10.1. The molecule has 0 saturated carbocycles. The summed E-state index contributed by atoms with van der Waals surface area (Å²) in [5.74, 6) is 0.379. The predicted molar refractivity (Wildman–Crippen MR) is 90.4 cm³/mol. The summed E-state index contributed by atoms with van der Waals surface area (Å²) in [6, 6.07) is 9.29. The minimum Gasteiger partial charge on any atom is -0.491 e. The molecular weight excluding hydrogens is 294 g/mol. The number of hydrogen-bond donors (Lipinski definition) is 1. The lowest BCUT2D eigenvalue weighted by molar-refractivity contribution is -0.156. The molecular formula is C18H27NO4. The molecule has 1 N–H and O–H groups in total. The van der Waals surface area contributed by atoms with Gasteiger partial charge in [0.1, 0.15) is 24.1 Å². The molecule has 0 aromatic heterocycles. The van der Waals surface area contributed by atoms with Crippen molar-refractivity contribution in [2.24, 2.45) is 0 Å². The van der Waals surface area contributed by atoms with Crippen LogP contribution in [0.4, 0.5) is 0 Å². The first-order chi connectivity index (χ1) is 10.8. The van der Waals surface area contributed by atoms with Crippen LogP contribution in [0.3, 0.4) is 0 Å². The zero-order valence-corrected chi connectivity index (χ0v) is 14.2. The number of aliphatic hydroxyl groups excluding tert-OH is 1. The van der Waals surface area contributed by atoms with Crippen molar-refractivity contribution in [3.8, 4) is 5.75 Å². The molecule has 0 unspecified atom stereocenters. The molecule has 128 valence electrons. The number of esters is 1. The molecule has 0 fully saturated rings.